The van der Waals surface area contributed by atoms with Crippen molar-refractivity contribution >= 4 is 17.6 Å². The third-order valence-corrected chi connectivity index (χ3v) is 2.86. The van der Waals surface area contributed by atoms with Crippen LogP contribution >= 0.6 is 11.6 Å². The van der Waals surface area contributed by atoms with Crippen LogP contribution in [-0.4, -0.2) is 12.6 Å². The van der Waals surface area contributed by atoms with E-state index in [4.69, 9.17) is 11.6 Å². The van der Waals surface area contributed by atoms with E-state index in [9.17, 15) is 4.79 Å². The normalized spacial score (nSPS) is 10.4. The molecule has 0 fully saturated rings. The van der Waals surface area contributed by atoms with E-state index in [1.807, 2.05) is 24.3 Å². The van der Waals surface area contributed by atoms with Crippen LogP contribution in [0.1, 0.15) is 32.3 Å². The van der Waals surface area contributed by atoms with E-state index < -0.39 is 0 Å². The summed E-state index contributed by atoms with van der Waals surface area (Å²) in [5, 5.41) is 6.36. The Kier molecular flexibility index (Phi) is 6.58. The summed E-state index contributed by atoms with van der Waals surface area (Å²) in [6, 6.07) is 7.33. The lowest BCUT2D eigenvalue weighted by Gasteiger charge is -2.08. The summed E-state index contributed by atoms with van der Waals surface area (Å²) in [5.74, 6) is 0.684. The highest BCUT2D eigenvalue weighted by Gasteiger charge is 2.00. The van der Waals surface area contributed by atoms with Gasteiger partial charge in [-0.15, -0.1) is 0 Å². The number of carbonyl (C=O) groups is 1. The summed E-state index contributed by atoms with van der Waals surface area (Å²) in [6.07, 6.45) is 2.16. The van der Waals surface area contributed by atoms with Gasteiger partial charge in [0, 0.05) is 18.1 Å². The molecule has 0 bridgehead atoms. The Morgan fingerprint density at radius 1 is 1.22 bits per heavy atom. The summed E-state index contributed by atoms with van der Waals surface area (Å²) in [7, 11) is 0. The van der Waals surface area contributed by atoms with Crippen molar-refractivity contribution in [3.63, 3.8) is 0 Å². The maximum absolute atomic E-state index is 11.5. The van der Waals surface area contributed by atoms with Gasteiger partial charge in [-0.2, -0.15) is 0 Å². The SMILES string of the molecule is CC(C)CCCNC(=O)NCc1ccc(Cl)cc1. The van der Waals surface area contributed by atoms with Crippen molar-refractivity contribution in [1.29, 1.82) is 0 Å². The standard InChI is InChI=1S/C14H21ClN2O/c1-11(2)4-3-9-16-14(18)17-10-12-5-7-13(15)8-6-12/h5-8,11H,3-4,9-10H2,1-2H3,(H2,16,17,18). The topological polar surface area (TPSA) is 41.1 Å². The average Bonchev–Trinajstić information content (AvgIpc) is 2.34. The number of halogens is 1. The fourth-order valence-electron chi connectivity index (χ4n) is 1.56. The molecule has 100 valence electrons. The quantitative estimate of drug-likeness (QED) is 0.761. The van der Waals surface area contributed by atoms with Crippen molar-refractivity contribution in [1.82, 2.24) is 10.6 Å². The van der Waals surface area contributed by atoms with Crippen LogP contribution in [0.3, 0.4) is 0 Å². The molecule has 4 heteroatoms. The molecule has 2 N–H and O–H groups in total. The number of rotatable bonds is 6. The third kappa shape index (κ3) is 6.50. The first-order valence-corrected chi connectivity index (χ1v) is 6.72. The van der Waals surface area contributed by atoms with E-state index in [2.05, 4.69) is 24.5 Å². The molecule has 0 saturated heterocycles. The van der Waals surface area contributed by atoms with Crippen LogP contribution in [0.2, 0.25) is 5.02 Å². The van der Waals surface area contributed by atoms with Crippen molar-refractivity contribution in [3.05, 3.63) is 34.9 Å². The molecule has 1 aromatic carbocycles. The average molecular weight is 269 g/mol. The van der Waals surface area contributed by atoms with Gasteiger partial charge in [-0.3, -0.25) is 0 Å². The van der Waals surface area contributed by atoms with Gasteiger partial charge in [0.15, 0.2) is 0 Å². The predicted octanol–water partition coefficient (Wildman–Crippen LogP) is 3.58. The fraction of sp³-hybridized carbons (Fsp3) is 0.500. The fourth-order valence-corrected chi connectivity index (χ4v) is 1.69. The number of urea groups is 1. The molecule has 18 heavy (non-hydrogen) atoms. The molecule has 0 radical (unpaired) electrons. The van der Waals surface area contributed by atoms with Gasteiger partial charge in [0.2, 0.25) is 0 Å². The van der Waals surface area contributed by atoms with Gasteiger partial charge in [0.25, 0.3) is 0 Å². The second-order valence-corrected chi connectivity index (χ2v) is 5.21. The maximum atomic E-state index is 11.5. The first-order chi connectivity index (χ1) is 8.58. The van der Waals surface area contributed by atoms with E-state index in [0.29, 0.717) is 17.5 Å². The molecule has 0 spiro atoms. The second-order valence-electron chi connectivity index (χ2n) is 4.77. The molecule has 0 atom stereocenters. The van der Waals surface area contributed by atoms with Gasteiger partial charge in [-0.1, -0.05) is 37.6 Å². The highest BCUT2D eigenvalue weighted by atomic mass is 35.5. The Labute approximate surface area is 114 Å². The van der Waals surface area contributed by atoms with Crippen molar-refractivity contribution in [2.75, 3.05) is 6.54 Å². The second kappa shape index (κ2) is 7.98. The third-order valence-electron chi connectivity index (χ3n) is 2.61. The Balaban J connectivity index is 2.15. The van der Waals surface area contributed by atoms with E-state index >= 15 is 0 Å². The van der Waals surface area contributed by atoms with Crippen LogP contribution in [-0.2, 0) is 6.54 Å². The number of carbonyl (C=O) groups excluding carboxylic acids is 1. The van der Waals surface area contributed by atoms with Gasteiger partial charge < -0.3 is 10.6 Å². The van der Waals surface area contributed by atoms with Crippen LogP contribution in [0.5, 0.6) is 0 Å². The maximum Gasteiger partial charge on any atom is 0.315 e. The van der Waals surface area contributed by atoms with Crippen LogP contribution in [0.25, 0.3) is 0 Å². The molecule has 1 rings (SSSR count). The highest BCUT2D eigenvalue weighted by Crippen LogP contribution is 2.09. The molecule has 0 aliphatic heterocycles. The first kappa shape index (κ1) is 14.8. The van der Waals surface area contributed by atoms with Crippen molar-refractivity contribution in [2.45, 2.75) is 33.2 Å². The Hall–Kier alpha value is -1.22. The smallest absolute Gasteiger partial charge is 0.315 e. The molecular formula is C14H21ClN2O. The number of hydrogen-bond donors (Lipinski definition) is 2. The minimum atomic E-state index is -0.117. The Morgan fingerprint density at radius 3 is 2.50 bits per heavy atom. The molecule has 1 aromatic rings. The lowest BCUT2D eigenvalue weighted by molar-refractivity contribution is 0.240. The molecule has 0 aromatic heterocycles. The van der Waals surface area contributed by atoms with Gasteiger partial charge in [-0.25, -0.2) is 4.79 Å². The minimum Gasteiger partial charge on any atom is -0.338 e. The van der Waals surface area contributed by atoms with Crippen LogP contribution < -0.4 is 10.6 Å². The summed E-state index contributed by atoms with van der Waals surface area (Å²) in [6.45, 7) is 5.61. The van der Waals surface area contributed by atoms with Crippen molar-refractivity contribution in [3.8, 4) is 0 Å². The molecule has 0 aliphatic carbocycles. The summed E-state index contributed by atoms with van der Waals surface area (Å²) >= 11 is 5.78. The van der Waals surface area contributed by atoms with Crippen molar-refractivity contribution < 1.29 is 4.79 Å². The van der Waals surface area contributed by atoms with E-state index in [1.165, 1.54) is 0 Å². The Bertz CT molecular complexity index is 363. The molecule has 0 saturated carbocycles. The van der Waals surface area contributed by atoms with Gasteiger partial charge in [0.05, 0.1) is 0 Å². The molecule has 0 aliphatic rings. The molecule has 0 heterocycles. The van der Waals surface area contributed by atoms with Gasteiger partial charge >= 0.3 is 6.03 Å². The number of benzene rings is 1. The van der Waals surface area contributed by atoms with Gasteiger partial charge in [0.1, 0.15) is 0 Å². The zero-order valence-electron chi connectivity index (χ0n) is 11.0. The highest BCUT2D eigenvalue weighted by molar-refractivity contribution is 6.30. The molecule has 3 nitrogen and oxygen atoms in total. The summed E-state index contributed by atoms with van der Waals surface area (Å²) < 4.78 is 0. The lowest BCUT2D eigenvalue weighted by Crippen LogP contribution is -2.35. The Morgan fingerprint density at radius 2 is 1.89 bits per heavy atom. The molecular weight excluding hydrogens is 248 g/mol. The predicted molar refractivity (Wildman–Crippen MR) is 75.8 cm³/mol. The van der Waals surface area contributed by atoms with E-state index in [-0.39, 0.29) is 6.03 Å². The van der Waals surface area contributed by atoms with Crippen LogP contribution in [0.4, 0.5) is 4.79 Å². The number of amides is 2. The van der Waals surface area contributed by atoms with E-state index in [0.717, 1.165) is 24.9 Å². The molecule has 0 unspecified atom stereocenters. The van der Waals surface area contributed by atoms with Crippen molar-refractivity contribution in [2.24, 2.45) is 5.92 Å². The first-order valence-electron chi connectivity index (χ1n) is 6.34. The van der Waals surface area contributed by atoms with E-state index in [1.54, 1.807) is 0 Å². The zero-order valence-corrected chi connectivity index (χ0v) is 11.8. The lowest BCUT2D eigenvalue weighted by atomic mass is 10.1. The zero-order chi connectivity index (χ0) is 13.4. The minimum absolute atomic E-state index is 0.117. The van der Waals surface area contributed by atoms with Crippen LogP contribution in [0.15, 0.2) is 24.3 Å². The van der Waals surface area contributed by atoms with Crippen LogP contribution in [0, 0.1) is 5.92 Å². The summed E-state index contributed by atoms with van der Waals surface area (Å²) in [5.41, 5.74) is 1.04. The largest absolute Gasteiger partial charge is 0.338 e. The summed E-state index contributed by atoms with van der Waals surface area (Å²) in [4.78, 5) is 11.5. The monoisotopic (exact) mass is 268 g/mol. The van der Waals surface area contributed by atoms with Gasteiger partial charge in [-0.05, 0) is 36.5 Å². The molecule has 2 amide bonds. The number of nitrogens with one attached hydrogen (secondary N) is 2. The number of hydrogen-bond acceptors (Lipinski definition) is 1.